The lowest BCUT2D eigenvalue weighted by molar-refractivity contribution is -0.132. The third-order valence-corrected chi connectivity index (χ3v) is 6.02. The van der Waals surface area contributed by atoms with Crippen LogP contribution in [0.5, 0.6) is 5.88 Å². The van der Waals surface area contributed by atoms with E-state index in [4.69, 9.17) is 15.6 Å². The molecule has 1 atom stereocenters. The highest BCUT2D eigenvalue weighted by Crippen LogP contribution is 2.34. The molecule has 5 rings (SSSR count). The molecule has 0 aliphatic carbocycles. The summed E-state index contributed by atoms with van der Waals surface area (Å²) in [6.07, 6.45) is 7.20. The van der Waals surface area contributed by atoms with Crippen LogP contribution in [0.1, 0.15) is 37.9 Å². The van der Waals surface area contributed by atoms with Crippen LogP contribution in [0.2, 0.25) is 0 Å². The number of rotatable bonds is 6. The molecular weight excluding hydrogens is 432 g/mol. The highest BCUT2D eigenvalue weighted by molar-refractivity contribution is 5.98. The van der Waals surface area contributed by atoms with E-state index in [1.807, 2.05) is 40.8 Å². The van der Waals surface area contributed by atoms with E-state index in [1.54, 1.807) is 18.5 Å². The highest BCUT2D eigenvalue weighted by atomic mass is 16.5. The number of carbonyl (C=O) groups excluding carboxylic acids is 1. The molecule has 1 fully saturated rings. The molecule has 34 heavy (non-hydrogen) atoms. The van der Waals surface area contributed by atoms with Crippen LogP contribution in [-0.2, 0) is 11.4 Å². The molecule has 0 bridgehead atoms. The Labute approximate surface area is 196 Å². The zero-order chi connectivity index (χ0) is 23.5. The Morgan fingerprint density at radius 3 is 2.85 bits per heavy atom. The van der Waals surface area contributed by atoms with Gasteiger partial charge in [0, 0.05) is 43.5 Å². The molecule has 0 saturated carbocycles. The van der Waals surface area contributed by atoms with Crippen molar-refractivity contribution >= 4 is 22.8 Å². The predicted octanol–water partition coefficient (Wildman–Crippen LogP) is 3.02. The summed E-state index contributed by atoms with van der Waals surface area (Å²) in [6, 6.07) is 9.39. The van der Waals surface area contributed by atoms with E-state index in [2.05, 4.69) is 19.9 Å². The smallest absolute Gasteiger partial charge is 0.222 e. The van der Waals surface area contributed by atoms with Crippen LogP contribution in [0.3, 0.4) is 0 Å². The maximum Gasteiger partial charge on any atom is 0.222 e. The largest absolute Gasteiger partial charge is 0.471 e. The summed E-state index contributed by atoms with van der Waals surface area (Å²) in [4.78, 5) is 31.6. The Morgan fingerprint density at radius 1 is 1.18 bits per heavy atom. The molecule has 5 heterocycles. The number of hydrogen-bond donors (Lipinski definition) is 1. The van der Waals surface area contributed by atoms with Crippen LogP contribution < -0.4 is 10.5 Å². The van der Waals surface area contributed by atoms with Crippen molar-refractivity contribution in [3.8, 4) is 17.1 Å². The number of amides is 1. The number of nitrogens with two attached hydrogens (primary N) is 1. The van der Waals surface area contributed by atoms with Gasteiger partial charge in [-0.3, -0.25) is 9.78 Å². The fourth-order valence-electron chi connectivity index (χ4n) is 4.29. The van der Waals surface area contributed by atoms with Crippen LogP contribution in [0.4, 0.5) is 5.82 Å². The van der Waals surface area contributed by atoms with Crippen molar-refractivity contribution in [1.29, 1.82) is 0 Å². The molecule has 0 aromatic carbocycles. The highest BCUT2D eigenvalue weighted by Gasteiger charge is 2.28. The normalized spacial score (nSPS) is 16.0. The van der Waals surface area contributed by atoms with E-state index < -0.39 is 0 Å². The maximum atomic E-state index is 12.3. The predicted molar refractivity (Wildman–Crippen MR) is 127 cm³/mol. The number of anilines is 1. The number of aromatic nitrogens is 6. The molecule has 10 heteroatoms. The van der Waals surface area contributed by atoms with Crippen molar-refractivity contribution in [3.05, 3.63) is 54.7 Å². The second-order valence-corrected chi connectivity index (χ2v) is 8.23. The second kappa shape index (κ2) is 9.42. The van der Waals surface area contributed by atoms with Gasteiger partial charge < -0.3 is 15.4 Å². The van der Waals surface area contributed by atoms with Gasteiger partial charge in [-0.05, 0) is 31.0 Å². The number of ether oxygens (including phenoxy) is 1. The summed E-state index contributed by atoms with van der Waals surface area (Å²) in [5, 5.41) is 5.58. The van der Waals surface area contributed by atoms with Gasteiger partial charge in [0.2, 0.25) is 11.8 Å². The van der Waals surface area contributed by atoms with Gasteiger partial charge >= 0.3 is 0 Å². The molecule has 1 aliphatic rings. The van der Waals surface area contributed by atoms with Crippen molar-refractivity contribution in [2.24, 2.45) is 0 Å². The van der Waals surface area contributed by atoms with Gasteiger partial charge in [0.25, 0.3) is 0 Å². The number of likely N-dealkylation sites (tertiary alicyclic amines) is 1. The summed E-state index contributed by atoms with van der Waals surface area (Å²) < 4.78 is 7.65. The van der Waals surface area contributed by atoms with E-state index >= 15 is 0 Å². The fraction of sp³-hybridized carbons (Fsp3) is 0.333. The zero-order valence-corrected chi connectivity index (χ0v) is 19.0. The van der Waals surface area contributed by atoms with Crippen LogP contribution in [0, 0.1) is 0 Å². The number of carbonyl (C=O) groups is 1. The minimum atomic E-state index is 0.0174. The molecule has 2 N–H and O–H groups in total. The van der Waals surface area contributed by atoms with Gasteiger partial charge in [-0.1, -0.05) is 13.0 Å². The Balaban J connectivity index is 1.44. The number of fused-ring (bicyclic) bond motifs is 1. The third-order valence-electron chi connectivity index (χ3n) is 6.02. The SMILES string of the molecule is CCC(=O)N1CCC[C@@H](n2nc(-c3ccc(OCc4ccccn4)nc3)c3c(N)ncnc32)C1. The number of hydrogen-bond acceptors (Lipinski definition) is 8. The van der Waals surface area contributed by atoms with Crippen molar-refractivity contribution in [1.82, 2.24) is 34.6 Å². The Hall–Kier alpha value is -4.08. The topological polar surface area (TPSA) is 125 Å². The molecule has 0 spiro atoms. The van der Waals surface area contributed by atoms with E-state index in [1.165, 1.54) is 6.33 Å². The number of piperidine rings is 1. The zero-order valence-electron chi connectivity index (χ0n) is 19.0. The molecule has 0 radical (unpaired) electrons. The van der Waals surface area contributed by atoms with E-state index in [0.717, 1.165) is 30.6 Å². The lowest BCUT2D eigenvalue weighted by atomic mass is 10.1. The van der Waals surface area contributed by atoms with Crippen LogP contribution >= 0.6 is 0 Å². The van der Waals surface area contributed by atoms with Crippen LogP contribution in [0.15, 0.2) is 49.1 Å². The summed E-state index contributed by atoms with van der Waals surface area (Å²) in [5.41, 5.74) is 9.19. The lowest BCUT2D eigenvalue weighted by Gasteiger charge is -2.32. The minimum absolute atomic E-state index is 0.0174. The first-order valence-electron chi connectivity index (χ1n) is 11.4. The second-order valence-electron chi connectivity index (χ2n) is 8.23. The lowest BCUT2D eigenvalue weighted by Crippen LogP contribution is -2.40. The van der Waals surface area contributed by atoms with Crippen molar-refractivity contribution < 1.29 is 9.53 Å². The van der Waals surface area contributed by atoms with Gasteiger partial charge in [0.15, 0.2) is 5.65 Å². The molecule has 0 unspecified atom stereocenters. The first-order valence-corrected chi connectivity index (χ1v) is 11.4. The van der Waals surface area contributed by atoms with Crippen molar-refractivity contribution in [2.75, 3.05) is 18.8 Å². The molecule has 10 nitrogen and oxygen atoms in total. The molecular formula is C24H26N8O2. The third kappa shape index (κ3) is 4.26. The van der Waals surface area contributed by atoms with Crippen molar-refractivity contribution in [2.45, 2.75) is 38.8 Å². The number of nitrogen functional groups attached to an aromatic ring is 1. The first kappa shape index (κ1) is 21.7. The molecule has 1 aliphatic heterocycles. The van der Waals surface area contributed by atoms with Crippen LogP contribution in [-0.4, -0.2) is 53.6 Å². The molecule has 174 valence electrons. The molecule has 1 amide bonds. The maximum absolute atomic E-state index is 12.3. The standard InChI is InChI=1S/C24H26N8O2/c1-2-20(33)31-11-5-7-18(13-31)32-24-21(23(25)28-15-29-24)22(30-32)16-8-9-19(27-12-16)34-14-17-6-3-4-10-26-17/h3-4,6,8-10,12,15,18H,2,5,7,11,13-14H2,1H3,(H2,25,28,29)/t18-/m1/s1. The Bertz CT molecular complexity index is 1290. The summed E-state index contributed by atoms with van der Waals surface area (Å²) in [6.45, 7) is 3.60. The fourth-order valence-corrected chi connectivity index (χ4v) is 4.29. The van der Waals surface area contributed by atoms with Gasteiger partial charge in [0.05, 0.1) is 17.1 Å². The monoisotopic (exact) mass is 458 g/mol. The van der Waals surface area contributed by atoms with E-state index in [-0.39, 0.29) is 11.9 Å². The van der Waals surface area contributed by atoms with Gasteiger partial charge in [-0.25, -0.2) is 19.6 Å². The minimum Gasteiger partial charge on any atom is -0.471 e. The van der Waals surface area contributed by atoms with E-state index in [0.29, 0.717) is 48.0 Å². The first-order chi connectivity index (χ1) is 16.6. The van der Waals surface area contributed by atoms with Crippen LogP contribution in [0.25, 0.3) is 22.3 Å². The summed E-state index contributed by atoms with van der Waals surface area (Å²) >= 11 is 0. The quantitative estimate of drug-likeness (QED) is 0.467. The summed E-state index contributed by atoms with van der Waals surface area (Å²) in [5.74, 6) is 1.00. The average Bonchev–Trinajstić information content (AvgIpc) is 3.29. The summed E-state index contributed by atoms with van der Waals surface area (Å²) in [7, 11) is 0. The Kier molecular flexibility index (Phi) is 6.03. The number of pyridine rings is 2. The van der Waals surface area contributed by atoms with E-state index in [9.17, 15) is 4.79 Å². The number of nitrogens with zero attached hydrogens (tertiary/aromatic N) is 7. The van der Waals surface area contributed by atoms with Gasteiger partial charge in [0.1, 0.15) is 24.4 Å². The van der Waals surface area contributed by atoms with Gasteiger partial charge in [-0.15, -0.1) is 0 Å². The Morgan fingerprint density at radius 2 is 2.09 bits per heavy atom. The van der Waals surface area contributed by atoms with Crippen molar-refractivity contribution in [3.63, 3.8) is 0 Å². The average molecular weight is 459 g/mol. The molecule has 4 aromatic heterocycles. The van der Waals surface area contributed by atoms with Gasteiger partial charge in [-0.2, -0.15) is 5.10 Å². The molecule has 4 aromatic rings. The molecule has 1 saturated heterocycles.